The summed E-state index contributed by atoms with van der Waals surface area (Å²) in [5.41, 5.74) is 1.21. The number of rotatable bonds is 5. The van der Waals surface area contributed by atoms with Crippen LogP contribution < -0.4 is 0 Å². The van der Waals surface area contributed by atoms with E-state index in [1.165, 1.54) is 24.8 Å². The molecule has 1 aliphatic rings. The van der Waals surface area contributed by atoms with Gasteiger partial charge in [0.25, 0.3) is 0 Å². The molecule has 0 aromatic heterocycles. The largest absolute Gasteiger partial charge is 0.342 e. The van der Waals surface area contributed by atoms with Crippen molar-refractivity contribution in [2.45, 2.75) is 19.3 Å². The monoisotopic (exact) mass is 275 g/mol. The zero-order chi connectivity index (χ0) is 13.3. The number of piperidine rings is 1. The van der Waals surface area contributed by atoms with Crippen LogP contribution in [0.15, 0.2) is 36.4 Å². The fraction of sp³-hybridized carbons (Fsp3) is 0.438. The van der Waals surface area contributed by atoms with Gasteiger partial charge in [0.05, 0.1) is 5.75 Å². The fourth-order valence-electron chi connectivity index (χ4n) is 2.20. The van der Waals surface area contributed by atoms with Crippen molar-refractivity contribution in [3.8, 4) is 0 Å². The zero-order valence-electron chi connectivity index (χ0n) is 11.3. The van der Waals surface area contributed by atoms with Gasteiger partial charge in [0.15, 0.2) is 0 Å². The SMILES string of the molecule is O=C(CSC/C=C/c1ccccc1)N1CCCCC1. The Labute approximate surface area is 119 Å². The van der Waals surface area contributed by atoms with Crippen LogP contribution in [0.2, 0.25) is 0 Å². The average molecular weight is 275 g/mol. The van der Waals surface area contributed by atoms with E-state index in [-0.39, 0.29) is 0 Å². The van der Waals surface area contributed by atoms with Crippen molar-refractivity contribution >= 4 is 23.7 Å². The molecule has 2 nitrogen and oxygen atoms in total. The summed E-state index contributed by atoms with van der Waals surface area (Å²) < 4.78 is 0. The van der Waals surface area contributed by atoms with Crippen LogP contribution in [0.3, 0.4) is 0 Å². The molecule has 0 aliphatic carbocycles. The molecule has 1 fully saturated rings. The molecule has 1 amide bonds. The standard InChI is InChI=1S/C16H21NOS/c18-16(17-11-5-2-6-12-17)14-19-13-7-10-15-8-3-1-4-9-15/h1,3-4,7-10H,2,5-6,11-14H2/b10-7+. The first-order chi connectivity index (χ1) is 9.36. The molecule has 1 aromatic carbocycles. The predicted octanol–water partition coefficient (Wildman–Crippen LogP) is 3.45. The Kier molecular flexibility index (Phi) is 6.02. The third-order valence-corrected chi connectivity index (χ3v) is 4.14. The fourth-order valence-corrected chi connectivity index (χ4v) is 2.90. The topological polar surface area (TPSA) is 20.3 Å². The Hall–Kier alpha value is -1.22. The summed E-state index contributed by atoms with van der Waals surface area (Å²) in [4.78, 5) is 13.9. The van der Waals surface area contributed by atoms with Gasteiger partial charge < -0.3 is 4.90 Å². The van der Waals surface area contributed by atoms with Gasteiger partial charge in [-0.1, -0.05) is 42.5 Å². The second-order valence-electron chi connectivity index (χ2n) is 4.77. The smallest absolute Gasteiger partial charge is 0.232 e. The van der Waals surface area contributed by atoms with Crippen LogP contribution in [0.5, 0.6) is 0 Å². The highest BCUT2D eigenvalue weighted by atomic mass is 32.2. The Balaban J connectivity index is 1.63. The molecule has 0 N–H and O–H groups in total. The lowest BCUT2D eigenvalue weighted by atomic mass is 10.1. The summed E-state index contributed by atoms with van der Waals surface area (Å²) in [6.45, 7) is 1.92. The van der Waals surface area contributed by atoms with Gasteiger partial charge in [-0.3, -0.25) is 4.79 Å². The molecule has 19 heavy (non-hydrogen) atoms. The van der Waals surface area contributed by atoms with E-state index >= 15 is 0 Å². The molecule has 2 rings (SSSR count). The first-order valence-electron chi connectivity index (χ1n) is 6.93. The summed E-state index contributed by atoms with van der Waals surface area (Å²) in [6, 6.07) is 10.3. The zero-order valence-corrected chi connectivity index (χ0v) is 12.1. The Bertz CT molecular complexity index is 410. The first kappa shape index (κ1) is 14.2. The molecule has 0 bridgehead atoms. The summed E-state index contributed by atoms with van der Waals surface area (Å²) >= 11 is 1.70. The predicted molar refractivity (Wildman–Crippen MR) is 83.2 cm³/mol. The summed E-state index contributed by atoms with van der Waals surface area (Å²) in [6.07, 6.45) is 7.85. The van der Waals surface area contributed by atoms with E-state index in [4.69, 9.17) is 0 Å². The molecule has 1 heterocycles. The Morgan fingerprint density at radius 2 is 1.89 bits per heavy atom. The Morgan fingerprint density at radius 1 is 1.16 bits per heavy atom. The van der Waals surface area contributed by atoms with E-state index in [9.17, 15) is 4.79 Å². The van der Waals surface area contributed by atoms with Crippen molar-refractivity contribution in [1.82, 2.24) is 4.90 Å². The van der Waals surface area contributed by atoms with Gasteiger partial charge in [-0.05, 0) is 24.8 Å². The minimum Gasteiger partial charge on any atom is -0.342 e. The molecule has 1 saturated heterocycles. The maximum atomic E-state index is 11.9. The number of hydrogen-bond donors (Lipinski definition) is 0. The number of hydrogen-bond acceptors (Lipinski definition) is 2. The number of thioether (sulfide) groups is 1. The minimum atomic E-state index is 0.304. The van der Waals surface area contributed by atoms with Gasteiger partial charge in [0.2, 0.25) is 5.91 Å². The van der Waals surface area contributed by atoms with Crippen molar-refractivity contribution in [2.75, 3.05) is 24.6 Å². The molecule has 0 spiro atoms. The van der Waals surface area contributed by atoms with Gasteiger partial charge in [0.1, 0.15) is 0 Å². The Morgan fingerprint density at radius 3 is 2.63 bits per heavy atom. The van der Waals surface area contributed by atoms with E-state index in [1.807, 2.05) is 23.1 Å². The highest BCUT2D eigenvalue weighted by Gasteiger charge is 2.15. The lowest BCUT2D eigenvalue weighted by Gasteiger charge is -2.26. The molecule has 0 atom stereocenters. The second kappa shape index (κ2) is 8.05. The highest BCUT2D eigenvalue weighted by Crippen LogP contribution is 2.11. The van der Waals surface area contributed by atoms with Crippen molar-refractivity contribution < 1.29 is 4.79 Å². The van der Waals surface area contributed by atoms with E-state index in [1.54, 1.807) is 11.8 Å². The number of nitrogens with zero attached hydrogens (tertiary/aromatic N) is 1. The molecular formula is C16H21NOS. The lowest BCUT2D eigenvalue weighted by molar-refractivity contribution is -0.129. The van der Waals surface area contributed by atoms with Crippen molar-refractivity contribution in [3.63, 3.8) is 0 Å². The number of carbonyl (C=O) groups is 1. The maximum Gasteiger partial charge on any atom is 0.232 e. The average Bonchev–Trinajstić information content (AvgIpc) is 2.49. The van der Waals surface area contributed by atoms with Crippen molar-refractivity contribution in [1.29, 1.82) is 0 Å². The van der Waals surface area contributed by atoms with Crippen LogP contribution in [0.4, 0.5) is 0 Å². The lowest BCUT2D eigenvalue weighted by Crippen LogP contribution is -2.36. The summed E-state index contributed by atoms with van der Waals surface area (Å²) in [7, 11) is 0. The van der Waals surface area contributed by atoms with E-state index < -0.39 is 0 Å². The second-order valence-corrected chi connectivity index (χ2v) is 5.80. The van der Waals surface area contributed by atoms with Crippen molar-refractivity contribution in [3.05, 3.63) is 42.0 Å². The molecule has 1 aromatic rings. The normalized spacial score (nSPS) is 15.9. The quantitative estimate of drug-likeness (QED) is 0.767. The van der Waals surface area contributed by atoms with Crippen LogP contribution in [0.25, 0.3) is 6.08 Å². The van der Waals surface area contributed by atoms with Gasteiger partial charge >= 0.3 is 0 Å². The van der Waals surface area contributed by atoms with Crippen LogP contribution >= 0.6 is 11.8 Å². The van der Waals surface area contributed by atoms with E-state index in [0.717, 1.165) is 18.8 Å². The van der Waals surface area contributed by atoms with Crippen LogP contribution in [-0.4, -0.2) is 35.4 Å². The minimum absolute atomic E-state index is 0.304. The molecule has 0 unspecified atom stereocenters. The molecule has 1 aliphatic heterocycles. The molecule has 3 heteroatoms. The van der Waals surface area contributed by atoms with Gasteiger partial charge in [-0.2, -0.15) is 0 Å². The number of amides is 1. The molecule has 102 valence electrons. The van der Waals surface area contributed by atoms with Gasteiger partial charge in [0, 0.05) is 18.8 Å². The van der Waals surface area contributed by atoms with Crippen LogP contribution in [0.1, 0.15) is 24.8 Å². The van der Waals surface area contributed by atoms with Crippen LogP contribution in [-0.2, 0) is 4.79 Å². The van der Waals surface area contributed by atoms with Crippen LogP contribution in [0, 0.1) is 0 Å². The number of benzene rings is 1. The summed E-state index contributed by atoms with van der Waals surface area (Å²) in [5, 5.41) is 0. The molecular weight excluding hydrogens is 254 g/mol. The van der Waals surface area contributed by atoms with Gasteiger partial charge in [-0.25, -0.2) is 0 Å². The third-order valence-electron chi connectivity index (χ3n) is 3.26. The van der Waals surface area contributed by atoms with E-state index in [0.29, 0.717) is 11.7 Å². The highest BCUT2D eigenvalue weighted by molar-refractivity contribution is 8.00. The third kappa shape index (κ3) is 5.11. The number of carbonyl (C=O) groups excluding carboxylic acids is 1. The molecule has 0 radical (unpaired) electrons. The van der Waals surface area contributed by atoms with E-state index in [2.05, 4.69) is 24.3 Å². The summed E-state index contributed by atoms with van der Waals surface area (Å²) in [5.74, 6) is 1.81. The first-order valence-corrected chi connectivity index (χ1v) is 8.09. The van der Waals surface area contributed by atoms with Gasteiger partial charge in [-0.15, -0.1) is 11.8 Å². The maximum absolute atomic E-state index is 11.9. The van der Waals surface area contributed by atoms with Crippen molar-refractivity contribution in [2.24, 2.45) is 0 Å². The number of likely N-dealkylation sites (tertiary alicyclic amines) is 1. The molecule has 0 saturated carbocycles.